The van der Waals surface area contributed by atoms with Crippen molar-refractivity contribution < 1.29 is 0 Å². The molecule has 1 N–H and O–H groups in total. The number of hydrogen-bond donors (Lipinski definition) is 1. The first kappa shape index (κ1) is 12.8. The standard InChI is InChI=1S/C16H20N2/c1-13-5-3-6-14(11-13)8-9-16(17-2)15-7-4-10-18-12-15/h3-7,10-12,16-17H,8-9H2,1-2H3. The molecule has 0 bridgehead atoms. The maximum absolute atomic E-state index is 4.18. The van der Waals surface area contributed by atoms with Crippen molar-refractivity contribution in [3.8, 4) is 0 Å². The Labute approximate surface area is 109 Å². The molecule has 2 rings (SSSR count). The molecule has 1 heterocycles. The van der Waals surface area contributed by atoms with E-state index in [9.17, 15) is 0 Å². The first-order valence-electron chi connectivity index (χ1n) is 6.42. The molecule has 0 radical (unpaired) electrons. The fourth-order valence-electron chi connectivity index (χ4n) is 2.24. The maximum atomic E-state index is 4.18. The molecule has 0 fully saturated rings. The minimum atomic E-state index is 0.374. The highest BCUT2D eigenvalue weighted by molar-refractivity contribution is 5.23. The second kappa shape index (κ2) is 6.31. The van der Waals surface area contributed by atoms with Gasteiger partial charge in [0.2, 0.25) is 0 Å². The van der Waals surface area contributed by atoms with Crippen LogP contribution >= 0.6 is 0 Å². The van der Waals surface area contributed by atoms with Gasteiger partial charge in [0.05, 0.1) is 0 Å². The largest absolute Gasteiger partial charge is 0.313 e. The molecule has 2 aromatic rings. The lowest BCUT2D eigenvalue weighted by molar-refractivity contribution is 0.547. The van der Waals surface area contributed by atoms with Gasteiger partial charge in [-0.3, -0.25) is 4.98 Å². The van der Waals surface area contributed by atoms with E-state index in [1.54, 1.807) is 0 Å². The van der Waals surface area contributed by atoms with E-state index in [4.69, 9.17) is 0 Å². The van der Waals surface area contributed by atoms with E-state index in [2.05, 4.69) is 47.6 Å². The Morgan fingerprint density at radius 2 is 2.11 bits per heavy atom. The molecule has 0 saturated carbocycles. The summed E-state index contributed by atoms with van der Waals surface area (Å²) in [5, 5.41) is 3.36. The number of nitrogens with zero attached hydrogens (tertiary/aromatic N) is 1. The second-order valence-corrected chi connectivity index (χ2v) is 4.66. The smallest absolute Gasteiger partial charge is 0.0336 e. The van der Waals surface area contributed by atoms with Crippen LogP contribution in [-0.4, -0.2) is 12.0 Å². The first-order chi connectivity index (χ1) is 8.79. The molecule has 1 aromatic heterocycles. The van der Waals surface area contributed by atoms with E-state index in [-0.39, 0.29) is 0 Å². The molecule has 0 spiro atoms. The van der Waals surface area contributed by atoms with Gasteiger partial charge < -0.3 is 5.32 Å². The molecule has 2 heteroatoms. The van der Waals surface area contributed by atoms with Crippen molar-refractivity contribution in [1.29, 1.82) is 0 Å². The van der Waals surface area contributed by atoms with Crippen LogP contribution in [0, 0.1) is 6.92 Å². The van der Waals surface area contributed by atoms with Crippen LogP contribution in [0.3, 0.4) is 0 Å². The van der Waals surface area contributed by atoms with Gasteiger partial charge in [-0.25, -0.2) is 0 Å². The average Bonchev–Trinajstić information content (AvgIpc) is 2.41. The summed E-state index contributed by atoms with van der Waals surface area (Å²) in [5.74, 6) is 0. The number of hydrogen-bond acceptors (Lipinski definition) is 2. The van der Waals surface area contributed by atoms with Crippen molar-refractivity contribution in [1.82, 2.24) is 10.3 Å². The Balaban J connectivity index is 2.00. The summed E-state index contributed by atoms with van der Waals surface area (Å²) in [6.07, 6.45) is 5.93. The topological polar surface area (TPSA) is 24.9 Å². The Morgan fingerprint density at radius 1 is 1.22 bits per heavy atom. The maximum Gasteiger partial charge on any atom is 0.0336 e. The zero-order chi connectivity index (χ0) is 12.8. The molecule has 0 saturated heterocycles. The quantitative estimate of drug-likeness (QED) is 0.867. The summed E-state index contributed by atoms with van der Waals surface area (Å²) in [6, 6.07) is 13.2. The Bertz CT molecular complexity index is 479. The molecular formula is C16H20N2. The molecule has 0 aliphatic carbocycles. The Kier molecular flexibility index (Phi) is 4.48. The van der Waals surface area contributed by atoms with Gasteiger partial charge in [-0.1, -0.05) is 35.9 Å². The number of aryl methyl sites for hydroxylation is 2. The van der Waals surface area contributed by atoms with Crippen LogP contribution in [0.5, 0.6) is 0 Å². The predicted molar refractivity (Wildman–Crippen MR) is 75.5 cm³/mol. The first-order valence-corrected chi connectivity index (χ1v) is 6.42. The van der Waals surface area contributed by atoms with Gasteiger partial charge in [-0.05, 0) is 44.0 Å². The van der Waals surface area contributed by atoms with Gasteiger partial charge in [0.15, 0.2) is 0 Å². The molecule has 1 unspecified atom stereocenters. The fraction of sp³-hybridized carbons (Fsp3) is 0.312. The third-order valence-corrected chi connectivity index (χ3v) is 3.24. The highest BCUT2D eigenvalue weighted by Crippen LogP contribution is 2.18. The third-order valence-electron chi connectivity index (χ3n) is 3.24. The summed E-state index contributed by atoms with van der Waals surface area (Å²) in [4.78, 5) is 4.18. The third kappa shape index (κ3) is 3.41. The van der Waals surface area contributed by atoms with Crippen molar-refractivity contribution in [2.45, 2.75) is 25.8 Å². The van der Waals surface area contributed by atoms with Crippen LogP contribution < -0.4 is 5.32 Å². The lowest BCUT2D eigenvalue weighted by Gasteiger charge is -2.16. The second-order valence-electron chi connectivity index (χ2n) is 4.66. The van der Waals surface area contributed by atoms with E-state index < -0.39 is 0 Å². The Morgan fingerprint density at radius 3 is 2.78 bits per heavy atom. The minimum absolute atomic E-state index is 0.374. The number of nitrogens with one attached hydrogen (secondary N) is 1. The summed E-state index contributed by atoms with van der Waals surface area (Å²) in [5.41, 5.74) is 3.99. The highest BCUT2D eigenvalue weighted by atomic mass is 14.9. The molecule has 94 valence electrons. The van der Waals surface area contributed by atoms with E-state index in [1.807, 2.05) is 25.5 Å². The van der Waals surface area contributed by atoms with Crippen molar-refractivity contribution in [2.24, 2.45) is 0 Å². The van der Waals surface area contributed by atoms with Crippen molar-refractivity contribution >= 4 is 0 Å². The Hall–Kier alpha value is -1.67. The summed E-state index contributed by atoms with van der Waals surface area (Å²) >= 11 is 0. The molecule has 0 aliphatic rings. The minimum Gasteiger partial charge on any atom is -0.313 e. The van der Waals surface area contributed by atoms with E-state index in [0.717, 1.165) is 12.8 Å². The van der Waals surface area contributed by atoms with Crippen LogP contribution in [0.1, 0.15) is 29.2 Å². The number of aromatic nitrogens is 1. The predicted octanol–water partition coefficient (Wildman–Crippen LogP) is 3.28. The van der Waals surface area contributed by atoms with Gasteiger partial charge in [0.1, 0.15) is 0 Å². The molecule has 18 heavy (non-hydrogen) atoms. The number of rotatable bonds is 5. The van der Waals surface area contributed by atoms with Crippen LogP contribution in [0.25, 0.3) is 0 Å². The lowest BCUT2D eigenvalue weighted by atomic mass is 9.99. The van der Waals surface area contributed by atoms with Gasteiger partial charge in [-0.15, -0.1) is 0 Å². The van der Waals surface area contributed by atoms with Crippen molar-refractivity contribution in [3.05, 3.63) is 65.5 Å². The normalized spacial score (nSPS) is 12.3. The summed E-state index contributed by atoms with van der Waals surface area (Å²) in [7, 11) is 2.01. The van der Waals surface area contributed by atoms with Crippen LogP contribution in [0.15, 0.2) is 48.8 Å². The summed E-state index contributed by atoms with van der Waals surface area (Å²) < 4.78 is 0. The van der Waals surface area contributed by atoms with Gasteiger partial charge >= 0.3 is 0 Å². The van der Waals surface area contributed by atoms with E-state index in [1.165, 1.54) is 16.7 Å². The van der Waals surface area contributed by atoms with Gasteiger partial charge in [-0.2, -0.15) is 0 Å². The van der Waals surface area contributed by atoms with Gasteiger partial charge in [0.25, 0.3) is 0 Å². The molecule has 0 aliphatic heterocycles. The van der Waals surface area contributed by atoms with Crippen molar-refractivity contribution in [2.75, 3.05) is 7.05 Å². The van der Waals surface area contributed by atoms with Crippen LogP contribution in [0.2, 0.25) is 0 Å². The van der Waals surface area contributed by atoms with E-state index >= 15 is 0 Å². The van der Waals surface area contributed by atoms with Gasteiger partial charge in [0, 0.05) is 18.4 Å². The van der Waals surface area contributed by atoms with Crippen LogP contribution in [0.4, 0.5) is 0 Å². The van der Waals surface area contributed by atoms with Crippen LogP contribution in [-0.2, 0) is 6.42 Å². The number of pyridine rings is 1. The molecule has 0 amide bonds. The zero-order valence-electron chi connectivity index (χ0n) is 11.1. The molecular weight excluding hydrogens is 220 g/mol. The fourth-order valence-corrected chi connectivity index (χ4v) is 2.24. The monoisotopic (exact) mass is 240 g/mol. The SMILES string of the molecule is CNC(CCc1cccc(C)c1)c1cccnc1. The highest BCUT2D eigenvalue weighted by Gasteiger charge is 2.08. The molecule has 2 nitrogen and oxygen atoms in total. The van der Waals surface area contributed by atoms with E-state index in [0.29, 0.717) is 6.04 Å². The zero-order valence-corrected chi connectivity index (χ0v) is 11.1. The summed E-state index contributed by atoms with van der Waals surface area (Å²) in [6.45, 7) is 2.14. The van der Waals surface area contributed by atoms with Crippen molar-refractivity contribution in [3.63, 3.8) is 0 Å². The lowest BCUT2D eigenvalue weighted by Crippen LogP contribution is -2.17. The number of benzene rings is 1. The molecule has 1 atom stereocenters. The average molecular weight is 240 g/mol. The molecule has 1 aromatic carbocycles.